The molecule has 0 atom stereocenters. The third kappa shape index (κ3) is 2.56. The minimum Gasteiger partial charge on any atom is -0.317 e. The molecule has 1 aromatic carbocycles. The molecular formula is C17H19NOS. The van der Waals surface area contributed by atoms with Crippen LogP contribution in [0.5, 0.6) is 0 Å². The van der Waals surface area contributed by atoms with Gasteiger partial charge in [0.15, 0.2) is 0 Å². The first-order chi connectivity index (χ1) is 9.81. The standard InChI is InChI=1S/C17H19NOS/c19-16(12-14-6-11-20-13-14)17(7-9-18-10-8-17)15-4-2-1-3-5-15/h1-6,11,13,18H,7-10,12H2. The molecule has 2 heterocycles. The molecule has 1 fully saturated rings. The van der Waals surface area contributed by atoms with Crippen LogP contribution in [0.3, 0.4) is 0 Å². The number of carbonyl (C=O) groups is 1. The minimum absolute atomic E-state index is 0.297. The molecule has 2 aromatic rings. The fraction of sp³-hybridized carbons (Fsp3) is 0.353. The highest BCUT2D eigenvalue weighted by Gasteiger charge is 2.40. The molecule has 0 spiro atoms. The van der Waals surface area contributed by atoms with Crippen LogP contribution in [-0.4, -0.2) is 18.9 Å². The van der Waals surface area contributed by atoms with E-state index in [2.05, 4.69) is 28.9 Å². The number of hydrogen-bond acceptors (Lipinski definition) is 3. The van der Waals surface area contributed by atoms with Crippen molar-refractivity contribution in [1.82, 2.24) is 5.32 Å². The number of hydrogen-bond donors (Lipinski definition) is 1. The molecule has 0 aliphatic carbocycles. The zero-order valence-corrected chi connectivity index (χ0v) is 12.3. The molecule has 3 rings (SSSR count). The van der Waals surface area contributed by atoms with Gasteiger partial charge in [-0.15, -0.1) is 0 Å². The van der Waals surface area contributed by atoms with Crippen molar-refractivity contribution in [3.63, 3.8) is 0 Å². The summed E-state index contributed by atoms with van der Waals surface area (Å²) in [5.41, 5.74) is 2.03. The molecule has 104 valence electrons. The Bertz CT molecular complexity index is 556. The van der Waals surface area contributed by atoms with Gasteiger partial charge in [0.1, 0.15) is 5.78 Å². The lowest BCUT2D eigenvalue weighted by molar-refractivity contribution is -0.125. The van der Waals surface area contributed by atoms with Gasteiger partial charge in [-0.3, -0.25) is 4.79 Å². The van der Waals surface area contributed by atoms with Gasteiger partial charge in [0, 0.05) is 6.42 Å². The topological polar surface area (TPSA) is 29.1 Å². The Labute approximate surface area is 123 Å². The number of carbonyl (C=O) groups excluding carboxylic acids is 1. The normalized spacial score (nSPS) is 17.8. The molecule has 1 N–H and O–H groups in total. The quantitative estimate of drug-likeness (QED) is 0.935. The maximum atomic E-state index is 13.0. The summed E-state index contributed by atoms with van der Waals surface area (Å²) in [6.45, 7) is 1.84. The van der Waals surface area contributed by atoms with Gasteiger partial charge in [-0.1, -0.05) is 30.3 Å². The van der Waals surface area contributed by atoms with Gasteiger partial charge in [0.25, 0.3) is 0 Å². The SMILES string of the molecule is O=C(Cc1ccsc1)C1(c2ccccc2)CCNCC1. The van der Waals surface area contributed by atoms with Crippen LogP contribution in [0.15, 0.2) is 47.2 Å². The number of piperidine rings is 1. The molecule has 20 heavy (non-hydrogen) atoms. The number of rotatable bonds is 4. The summed E-state index contributed by atoms with van der Waals surface area (Å²) in [6, 6.07) is 12.4. The van der Waals surface area contributed by atoms with Crippen molar-refractivity contribution in [3.8, 4) is 0 Å². The summed E-state index contributed by atoms with van der Waals surface area (Å²) in [7, 11) is 0. The van der Waals surface area contributed by atoms with Crippen LogP contribution >= 0.6 is 11.3 Å². The van der Waals surface area contributed by atoms with E-state index in [1.54, 1.807) is 11.3 Å². The average Bonchev–Trinajstić information content (AvgIpc) is 3.02. The summed E-state index contributed by atoms with van der Waals surface area (Å²) in [4.78, 5) is 13.0. The Morgan fingerprint density at radius 3 is 2.55 bits per heavy atom. The molecule has 0 unspecified atom stereocenters. The lowest BCUT2D eigenvalue weighted by Crippen LogP contribution is -2.46. The molecule has 2 nitrogen and oxygen atoms in total. The average molecular weight is 285 g/mol. The Balaban J connectivity index is 1.91. The Kier molecular flexibility index (Phi) is 3.99. The van der Waals surface area contributed by atoms with E-state index in [9.17, 15) is 4.79 Å². The smallest absolute Gasteiger partial charge is 0.147 e. The van der Waals surface area contributed by atoms with E-state index in [1.165, 1.54) is 5.56 Å². The van der Waals surface area contributed by atoms with Crippen LogP contribution in [0.4, 0.5) is 0 Å². The fourth-order valence-electron chi connectivity index (χ4n) is 3.09. The summed E-state index contributed by atoms with van der Waals surface area (Å²) < 4.78 is 0. The summed E-state index contributed by atoms with van der Waals surface area (Å²) in [5, 5.41) is 7.50. The molecule has 3 heteroatoms. The zero-order valence-electron chi connectivity index (χ0n) is 11.5. The molecule has 1 aliphatic rings. The van der Waals surface area contributed by atoms with Crippen LogP contribution in [0, 0.1) is 0 Å². The molecule has 1 aliphatic heterocycles. The molecule has 0 saturated carbocycles. The van der Waals surface area contributed by atoms with E-state index in [-0.39, 0.29) is 5.41 Å². The van der Waals surface area contributed by atoms with Gasteiger partial charge < -0.3 is 5.32 Å². The number of ketones is 1. The first-order valence-electron chi connectivity index (χ1n) is 7.12. The van der Waals surface area contributed by atoms with Gasteiger partial charge in [-0.05, 0) is 53.9 Å². The zero-order chi connectivity index (χ0) is 13.8. The molecule has 0 radical (unpaired) electrons. The lowest BCUT2D eigenvalue weighted by Gasteiger charge is -2.37. The summed E-state index contributed by atoms with van der Waals surface area (Å²) in [6.07, 6.45) is 2.36. The number of benzene rings is 1. The highest BCUT2D eigenvalue weighted by atomic mass is 32.1. The van der Waals surface area contributed by atoms with Crippen LogP contribution in [0.1, 0.15) is 24.0 Å². The van der Waals surface area contributed by atoms with Crippen molar-refractivity contribution in [2.75, 3.05) is 13.1 Å². The first-order valence-corrected chi connectivity index (χ1v) is 8.06. The highest BCUT2D eigenvalue weighted by molar-refractivity contribution is 7.08. The monoisotopic (exact) mass is 285 g/mol. The Morgan fingerprint density at radius 2 is 1.90 bits per heavy atom. The van der Waals surface area contributed by atoms with Crippen molar-refractivity contribution in [1.29, 1.82) is 0 Å². The van der Waals surface area contributed by atoms with Crippen molar-refractivity contribution < 1.29 is 4.79 Å². The summed E-state index contributed by atoms with van der Waals surface area (Å²) >= 11 is 1.66. The molecule has 1 aromatic heterocycles. The second kappa shape index (κ2) is 5.90. The number of thiophene rings is 1. The maximum absolute atomic E-state index is 13.0. The van der Waals surface area contributed by atoms with Crippen LogP contribution in [-0.2, 0) is 16.6 Å². The number of Topliss-reactive ketones (excluding diaryl/α,β-unsaturated/α-hetero) is 1. The van der Waals surface area contributed by atoms with Gasteiger partial charge in [0.05, 0.1) is 5.41 Å². The summed E-state index contributed by atoms with van der Waals surface area (Å²) in [5.74, 6) is 0.364. The largest absolute Gasteiger partial charge is 0.317 e. The van der Waals surface area contributed by atoms with E-state index in [4.69, 9.17) is 0 Å². The van der Waals surface area contributed by atoms with Crippen molar-refractivity contribution in [2.24, 2.45) is 0 Å². The first kappa shape index (κ1) is 13.5. The van der Waals surface area contributed by atoms with E-state index < -0.39 is 0 Å². The van der Waals surface area contributed by atoms with Crippen LogP contribution in [0.25, 0.3) is 0 Å². The Hall–Kier alpha value is -1.45. The van der Waals surface area contributed by atoms with E-state index in [0.717, 1.165) is 31.5 Å². The van der Waals surface area contributed by atoms with Gasteiger partial charge in [-0.25, -0.2) is 0 Å². The van der Waals surface area contributed by atoms with E-state index in [1.807, 2.05) is 23.6 Å². The van der Waals surface area contributed by atoms with Crippen molar-refractivity contribution in [2.45, 2.75) is 24.7 Å². The second-order valence-corrected chi connectivity index (χ2v) is 6.21. The van der Waals surface area contributed by atoms with E-state index in [0.29, 0.717) is 12.2 Å². The predicted octanol–water partition coefficient (Wildman–Crippen LogP) is 3.18. The van der Waals surface area contributed by atoms with Gasteiger partial charge in [-0.2, -0.15) is 11.3 Å². The second-order valence-electron chi connectivity index (χ2n) is 5.43. The number of nitrogens with one attached hydrogen (secondary N) is 1. The lowest BCUT2D eigenvalue weighted by atomic mass is 9.69. The third-order valence-electron chi connectivity index (χ3n) is 4.26. The van der Waals surface area contributed by atoms with Gasteiger partial charge >= 0.3 is 0 Å². The molecular weight excluding hydrogens is 266 g/mol. The maximum Gasteiger partial charge on any atom is 0.147 e. The molecule has 1 saturated heterocycles. The van der Waals surface area contributed by atoms with Crippen molar-refractivity contribution in [3.05, 3.63) is 58.3 Å². The van der Waals surface area contributed by atoms with E-state index >= 15 is 0 Å². The van der Waals surface area contributed by atoms with Crippen molar-refractivity contribution >= 4 is 17.1 Å². The predicted molar refractivity (Wildman–Crippen MR) is 83.3 cm³/mol. The molecule has 0 amide bonds. The fourth-order valence-corrected chi connectivity index (χ4v) is 3.76. The third-order valence-corrected chi connectivity index (χ3v) is 4.99. The highest BCUT2D eigenvalue weighted by Crippen LogP contribution is 2.35. The van der Waals surface area contributed by atoms with Gasteiger partial charge in [0.2, 0.25) is 0 Å². The molecule has 0 bridgehead atoms. The van der Waals surface area contributed by atoms with Crippen LogP contribution < -0.4 is 5.32 Å². The Morgan fingerprint density at radius 1 is 1.15 bits per heavy atom. The minimum atomic E-state index is -0.297. The van der Waals surface area contributed by atoms with Crippen LogP contribution in [0.2, 0.25) is 0 Å².